The van der Waals surface area contributed by atoms with Gasteiger partial charge < -0.3 is 4.57 Å². The van der Waals surface area contributed by atoms with Gasteiger partial charge in [0.05, 0.1) is 5.41 Å². The highest BCUT2D eigenvalue weighted by Crippen LogP contribution is 2.63. The Balaban J connectivity index is 1.27. The van der Waals surface area contributed by atoms with E-state index in [0.717, 1.165) is 16.4 Å². The molecule has 0 aliphatic heterocycles. The van der Waals surface area contributed by atoms with Gasteiger partial charge in [-0.1, -0.05) is 127 Å². The zero-order chi connectivity index (χ0) is 30.3. The third kappa shape index (κ3) is 3.78. The molecule has 7 aromatic carbocycles. The largest absolute Gasteiger partial charge is 0.319 e. The Hall–Kier alpha value is -4.97. The molecule has 0 N–H and O–H groups in total. The smallest absolute Gasteiger partial charge is 0.109 e. The Kier molecular flexibility index (Phi) is 5.59. The zero-order valence-electron chi connectivity index (χ0n) is 25.3. The molecule has 0 radical (unpaired) electrons. The van der Waals surface area contributed by atoms with Crippen molar-refractivity contribution < 1.29 is 4.57 Å². The number of fused-ring (bicyclic) bond motifs is 11. The predicted octanol–water partition coefficient (Wildman–Crippen LogP) is 10.8. The quantitative estimate of drug-likeness (QED) is 0.186. The van der Waals surface area contributed by atoms with Crippen molar-refractivity contribution in [2.45, 2.75) is 5.41 Å². The van der Waals surface area contributed by atoms with E-state index >= 15 is 0 Å². The molecule has 0 atom stereocenters. The number of rotatable bonds is 3. The van der Waals surface area contributed by atoms with Crippen LogP contribution in [0.15, 0.2) is 152 Å². The number of benzene rings is 7. The van der Waals surface area contributed by atoms with Gasteiger partial charge in [-0.3, -0.25) is 0 Å². The van der Waals surface area contributed by atoms with E-state index in [-0.39, 0.29) is 5.41 Å². The van der Waals surface area contributed by atoms with E-state index in [0.29, 0.717) is 0 Å². The van der Waals surface area contributed by atoms with Gasteiger partial charge in [-0.2, -0.15) is 0 Å². The Morgan fingerprint density at radius 2 is 0.911 bits per heavy atom. The zero-order valence-corrected chi connectivity index (χ0v) is 26.2. The lowest BCUT2D eigenvalue weighted by molar-refractivity contribution is 0.588. The number of hydrogen-bond donors (Lipinski definition) is 0. The highest BCUT2D eigenvalue weighted by Gasteiger charge is 2.51. The third-order valence-electron chi connectivity index (χ3n) is 9.97. The van der Waals surface area contributed by atoms with E-state index in [1.165, 1.54) is 66.4 Å². The van der Waals surface area contributed by atoms with Crippen LogP contribution in [-0.4, -0.2) is 13.3 Å². The van der Waals surface area contributed by atoms with Gasteiger partial charge in [0.15, 0.2) is 0 Å². The topological polar surface area (TPSA) is 17.1 Å². The van der Waals surface area contributed by atoms with Gasteiger partial charge in [-0.05, 0) is 115 Å². The SMILES string of the molecule is CP(C)(=O)c1ccc(-c2cccc(-c3ccc4c(c3)-c3cc5ccccc5cc3C43c4ccccc4-c4ccccc43)c2)cc1. The highest BCUT2D eigenvalue weighted by atomic mass is 31.2. The summed E-state index contributed by atoms with van der Waals surface area (Å²) in [4.78, 5) is 0. The molecule has 1 nitrogen and oxygen atoms in total. The summed E-state index contributed by atoms with van der Waals surface area (Å²) in [6.45, 7) is 3.65. The van der Waals surface area contributed by atoms with Gasteiger partial charge in [-0.25, -0.2) is 0 Å². The minimum absolute atomic E-state index is 0.359. The van der Waals surface area contributed by atoms with Crippen LogP contribution in [0.1, 0.15) is 22.3 Å². The van der Waals surface area contributed by atoms with Crippen LogP contribution in [0.3, 0.4) is 0 Å². The average molecular weight is 595 g/mol. The van der Waals surface area contributed by atoms with E-state index in [4.69, 9.17) is 0 Å². The molecular weight excluding hydrogens is 563 g/mol. The molecular formula is C43H31OP. The normalized spacial score (nSPS) is 13.8. The lowest BCUT2D eigenvalue weighted by atomic mass is 9.70. The highest BCUT2D eigenvalue weighted by molar-refractivity contribution is 7.70. The van der Waals surface area contributed by atoms with Crippen molar-refractivity contribution in [3.8, 4) is 44.5 Å². The third-order valence-corrected chi connectivity index (χ3v) is 11.5. The van der Waals surface area contributed by atoms with Crippen LogP contribution >= 0.6 is 7.14 Å². The van der Waals surface area contributed by atoms with Crippen LogP contribution in [0.2, 0.25) is 0 Å². The van der Waals surface area contributed by atoms with E-state index in [2.05, 4.69) is 140 Å². The molecule has 0 bridgehead atoms. The van der Waals surface area contributed by atoms with Crippen LogP contribution in [0.4, 0.5) is 0 Å². The van der Waals surface area contributed by atoms with Crippen LogP contribution in [0.25, 0.3) is 55.3 Å². The lowest BCUT2D eigenvalue weighted by Gasteiger charge is -2.30. The fourth-order valence-corrected chi connectivity index (χ4v) is 8.77. The molecule has 0 fully saturated rings. The molecule has 45 heavy (non-hydrogen) atoms. The first-order chi connectivity index (χ1) is 21.9. The van der Waals surface area contributed by atoms with Crippen molar-refractivity contribution in [1.82, 2.24) is 0 Å². The fourth-order valence-electron chi connectivity index (χ4n) is 7.90. The van der Waals surface area contributed by atoms with Crippen LogP contribution in [0.5, 0.6) is 0 Å². The number of hydrogen-bond acceptors (Lipinski definition) is 1. The molecule has 0 saturated heterocycles. The Labute approximate surface area is 264 Å². The predicted molar refractivity (Wildman–Crippen MR) is 190 cm³/mol. The van der Waals surface area contributed by atoms with E-state index < -0.39 is 7.14 Å². The molecule has 0 heterocycles. The molecule has 0 saturated carbocycles. The second-order valence-corrected chi connectivity index (χ2v) is 16.0. The summed E-state index contributed by atoms with van der Waals surface area (Å²) >= 11 is 0. The van der Waals surface area contributed by atoms with E-state index in [9.17, 15) is 4.57 Å². The lowest BCUT2D eigenvalue weighted by Crippen LogP contribution is -2.25. The standard InChI is InChI=1S/C43H31OP/c1-45(2,44)34-21-18-28(19-22-34)29-12-9-13-30(24-29)33-20-23-41-37(26-33)38-25-31-10-3-4-11-32(31)27-42(38)43(41)39-16-7-5-14-35(39)36-15-6-8-17-40(36)43/h3-27H,1-2H3. The fraction of sp³-hybridized carbons (Fsp3) is 0.0698. The second kappa shape index (κ2) is 9.51. The Morgan fingerprint density at radius 1 is 0.400 bits per heavy atom. The van der Waals surface area contributed by atoms with Gasteiger partial charge in [0.1, 0.15) is 7.14 Å². The summed E-state index contributed by atoms with van der Waals surface area (Å²) < 4.78 is 12.6. The van der Waals surface area contributed by atoms with Crippen LogP contribution in [-0.2, 0) is 9.98 Å². The monoisotopic (exact) mass is 594 g/mol. The molecule has 9 rings (SSSR count). The van der Waals surface area contributed by atoms with Gasteiger partial charge >= 0.3 is 0 Å². The maximum atomic E-state index is 12.6. The van der Waals surface area contributed by atoms with Crippen LogP contribution in [0, 0.1) is 0 Å². The Morgan fingerprint density at radius 3 is 1.58 bits per heavy atom. The summed E-state index contributed by atoms with van der Waals surface area (Å²) in [5.74, 6) is 0. The van der Waals surface area contributed by atoms with E-state index in [1.807, 2.05) is 25.5 Å². The molecule has 7 aromatic rings. The van der Waals surface area contributed by atoms with Crippen molar-refractivity contribution >= 4 is 23.2 Å². The van der Waals surface area contributed by atoms with E-state index in [1.54, 1.807) is 0 Å². The molecule has 1 spiro atoms. The second-order valence-electron chi connectivity index (χ2n) is 12.8. The minimum Gasteiger partial charge on any atom is -0.319 e. The molecule has 2 aliphatic rings. The maximum Gasteiger partial charge on any atom is 0.109 e. The van der Waals surface area contributed by atoms with Gasteiger partial charge in [-0.15, -0.1) is 0 Å². The molecule has 214 valence electrons. The first-order valence-electron chi connectivity index (χ1n) is 15.6. The minimum atomic E-state index is -2.29. The van der Waals surface area contributed by atoms with Crippen molar-refractivity contribution in [3.63, 3.8) is 0 Å². The summed E-state index contributed by atoms with van der Waals surface area (Å²) in [6, 6.07) is 55.6. The summed E-state index contributed by atoms with van der Waals surface area (Å²) in [6.07, 6.45) is 0. The Bertz CT molecular complexity index is 2330. The summed E-state index contributed by atoms with van der Waals surface area (Å²) in [5, 5.41) is 3.45. The molecule has 2 aliphatic carbocycles. The average Bonchev–Trinajstić information content (AvgIpc) is 3.53. The summed E-state index contributed by atoms with van der Waals surface area (Å²) in [7, 11) is -2.29. The molecule has 0 unspecified atom stereocenters. The van der Waals surface area contributed by atoms with Crippen molar-refractivity contribution in [2.75, 3.05) is 13.3 Å². The van der Waals surface area contributed by atoms with Crippen molar-refractivity contribution in [2.24, 2.45) is 0 Å². The van der Waals surface area contributed by atoms with Gasteiger partial charge in [0.2, 0.25) is 0 Å². The molecule has 0 aromatic heterocycles. The summed E-state index contributed by atoms with van der Waals surface area (Å²) in [5.41, 5.74) is 15.0. The van der Waals surface area contributed by atoms with Gasteiger partial charge in [0.25, 0.3) is 0 Å². The first-order valence-corrected chi connectivity index (χ1v) is 18.2. The maximum absolute atomic E-state index is 12.6. The van der Waals surface area contributed by atoms with Crippen molar-refractivity contribution in [3.05, 3.63) is 174 Å². The van der Waals surface area contributed by atoms with Crippen LogP contribution < -0.4 is 5.30 Å². The van der Waals surface area contributed by atoms with Crippen molar-refractivity contribution in [1.29, 1.82) is 0 Å². The first kappa shape index (κ1) is 26.4. The molecule has 0 amide bonds. The molecule has 2 heteroatoms. The van der Waals surface area contributed by atoms with Gasteiger partial charge in [0, 0.05) is 5.30 Å².